The summed E-state index contributed by atoms with van der Waals surface area (Å²) in [6.45, 7) is 4.63. The van der Waals surface area contributed by atoms with Crippen molar-refractivity contribution in [3.8, 4) is 0 Å². The third-order valence-electron chi connectivity index (χ3n) is 3.52. The Labute approximate surface area is 132 Å². The molecule has 0 bridgehead atoms. The van der Waals surface area contributed by atoms with Crippen molar-refractivity contribution in [3.63, 3.8) is 0 Å². The summed E-state index contributed by atoms with van der Waals surface area (Å²) in [5.74, 6) is 1.01. The van der Waals surface area contributed by atoms with E-state index in [1.807, 2.05) is 23.9 Å². The Kier molecular flexibility index (Phi) is 4.19. The fourth-order valence-electron chi connectivity index (χ4n) is 2.33. The zero-order valence-corrected chi connectivity index (χ0v) is 13.4. The van der Waals surface area contributed by atoms with Gasteiger partial charge in [-0.3, -0.25) is 4.79 Å². The first-order chi connectivity index (χ1) is 10.7. The smallest absolute Gasteiger partial charge is 0.222 e. The monoisotopic (exact) mass is 318 g/mol. The summed E-state index contributed by atoms with van der Waals surface area (Å²) in [7, 11) is 0. The van der Waals surface area contributed by atoms with E-state index in [1.165, 1.54) is 11.3 Å². The number of imidazole rings is 2. The van der Waals surface area contributed by atoms with Gasteiger partial charge in [0.15, 0.2) is 0 Å². The molecule has 3 aromatic rings. The van der Waals surface area contributed by atoms with E-state index in [1.54, 1.807) is 16.2 Å². The normalized spacial score (nSPS) is 12.6. The van der Waals surface area contributed by atoms with Crippen LogP contribution in [0.3, 0.4) is 0 Å². The molecule has 0 aliphatic rings. The number of rotatable bonds is 6. The van der Waals surface area contributed by atoms with Crippen LogP contribution in [0.5, 0.6) is 0 Å². The lowest BCUT2D eigenvalue weighted by Crippen LogP contribution is -2.27. The summed E-state index contributed by atoms with van der Waals surface area (Å²) in [6, 6.07) is -0.130. The highest BCUT2D eigenvalue weighted by molar-refractivity contribution is 7.14. The van der Waals surface area contributed by atoms with Crippen molar-refractivity contribution in [2.45, 2.75) is 39.3 Å². The van der Waals surface area contributed by atoms with Gasteiger partial charge in [0.1, 0.15) is 11.3 Å². The highest BCUT2D eigenvalue weighted by Crippen LogP contribution is 2.15. The number of nitrogens with one attached hydrogen (secondary N) is 1. The molecule has 0 aliphatic heterocycles. The number of nitrogens with zero attached hydrogens (tertiary/aromatic N) is 5. The topological polar surface area (TPSA) is 77.1 Å². The third kappa shape index (κ3) is 3.01. The van der Waals surface area contributed by atoms with E-state index in [2.05, 4.69) is 27.3 Å². The van der Waals surface area contributed by atoms with Gasteiger partial charge in [-0.05, 0) is 6.92 Å². The van der Waals surface area contributed by atoms with Gasteiger partial charge in [0, 0.05) is 31.8 Å². The molecule has 1 amide bonds. The molecule has 0 saturated heterocycles. The van der Waals surface area contributed by atoms with Crippen molar-refractivity contribution in [3.05, 3.63) is 35.6 Å². The minimum absolute atomic E-state index is 0.00701. The van der Waals surface area contributed by atoms with Gasteiger partial charge in [0.05, 0.1) is 17.9 Å². The molecule has 7 nitrogen and oxygen atoms in total. The van der Waals surface area contributed by atoms with Crippen LogP contribution in [0.15, 0.2) is 24.1 Å². The van der Waals surface area contributed by atoms with Gasteiger partial charge < -0.3 is 9.88 Å². The molecule has 0 spiro atoms. The van der Waals surface area contributed by atoms with Gasteiger partial charge in [-0.2, -0.15) is 5.10 Å². The molecule has 3 aromatic heterocycles. The maximum atomic E-state index is 12.1. The predicted octanol–water partition coefficient (Wildman–Crippen LogP) is 1.82. The second-order valence-corrected chi connectivity index (χ2v) is 5.87. The van der Waals surface area contributed by atoms with E-state index in [0.29, 0.717) is 13.0 Å². The van der Waals surface area contributed by atoms with Crippen LogP contribution in [0.4, 0.5) is 0 Å². The minimum atomic E-state index is -0.130. The first kappa shape index (κ1) is 14.7. The van der Waals surface area contributed by atoms with Crippen molar-refractivity contribution >= 4 is 22.2 Å². The Hall–Kier alpha value is -2.22. The lowest BCUT2D eigenvalue weighted by atomic mass is 10.2. The molecule has 0 saturated carbocycles. The number of carbonyl (C=O) groups is 1. The molecule has 116 valence electrons. The SMILES string of the molecule is CCc1nccn1CCC(=O)N[C@H](C)c1cn2ncsc2n1. The first-order valence-electron chi connectivity index (χ1n) is 7.25. The van der Waals surface area contributed by atoms with Gasteiger partial charge in [0.25, 0.3) is 0 Å². The van der Waals surface area contributed by atoms with Crippen LogP contribution in [0.1, 0.15) is 37.8 Å². The van der Waals surface area contributed by atoms with Gasteiger partial charge in [-0.1, -0.05) is 18.3 Å². The number of hydrogen-bond donors (Lipinski definition) is 1. The number of carbonyl (C=O) groups excluding carboxylic acids is 1. The van der Waals surface area contributed by atoms with E-state index < -0.39 is 0 Å². The molecule has 1 atom stereocenters. The van der Waals surface area contributed by atoms with Crippen molar-refractivity contribution in [1.82, 2.24) is 29.5 Å². The van der Waals surface area contributed by atoms with Gasteiger partial charge >= 0.3 is 0 Å². The van der Waals surface area contributed by atoms with Crippen molar-refractivity contribution < 1.29 is 4.79 Å². The average Bonchev–Trinajstić information content (AvgIpc) is 3.19. The van der Waals surface area contributed by atoms with E-state index in [9.17, 15) is 4.79 Å². The molecule has 0 aliphatic carbocycles. The van der Waals surface area contributed by atoms with Crippen molar-refractivity contribution in [2.24, 2.45) is 0 Å². The summed E-state index contributed by atoms with van der Waals surface area (Å²) < 4.78 is 3.74. The predicted molar refractivity (Wildman–Crippen MR) is 83.6 cm³/mol. The fourth-order valence-corrected chi connectivity index (χ4v) is 2.94. The number of amides is 1. The Morgan fingerprint density at radius 3 is 3.14 bits per heavy atom. The average molecular weight is 318 g/mol. The van der Waals surface area contributed by atoms with E-state index >= 15 is 0 Å². The summed E-state index contributed by atoms with van der Waals surface area (Å²) in [6.07, 6.45) is 6.81. The molecule has 0 unspecified atom stereocenters. The quantitative estimate of drug-likeness (QED) is 0.752. The van der Waals surface area contributed by atoms with Crippen LogP contribution in [0.2, 0.25) is 0 Å². The molecule has 0 aromatic carbocycles. The number of aromatic nitrogens is 5. The molecule has 3 heterocycles. The lowest BCUT2D eigenvalue weighted by molar-refractivity contribution is -0.122. The number of hydrogen-bond acceptors (Lipinski definition) is 5. The van der Waals surface area contributed by atoms with E-state index in [4.69, 9.17) is 0 Å². The van der Waals surface area contributed by atoms with Crippen LogP contribution in [-0.4, -0.2) is 30.1 Å². The van der Waals surface area contributed by atoms with Crippen LogP contribution in [0.25, 0.3) is 4.96 Å². The van der Waals surface area contributed by atoms with Crippen LogP contribution >= 0.6 is 11.3 Å². The van der Waals surface area contributed by atoms with E-state index in [-0.39, 0.29) is 11.9 Å². The fraction of sp³-hybridized carbons (Fsp3) is 0.429. The summed E-state index contributed by atoms with van der Waals surface area (Å²) >= 11 is 1.47. The molecule has 0 radical (unpaired) electrons. The maximum Gasteiger partial charge on any atom is 0.222 e. The van der Waals surface area contributed by atoms with Crippen LogP contribution < -0.4 is 5.32 Å². The Balaban J connectivity index is 1.56. The minimum Gasteiger partial charge on any atom is -0.348 e. The van der Waals surface area contributed by atoms with Gasteiger partial charge in [-0.25, -0.2) is 14.5 Å². The second kappa shape index (κ2) is 6.27. The number of aryl methyl sites for hydroxylation is 2. The van der Waals surface area contributed by atoms with Crippen LogP contribution in [-0.2, 0) is 17.8 Å². The maximum absolute atomic E-state index is 12.1. The Bertz CT molecular complexity index is 745. The van der Waals surface area contributed by atoms with Crippen molar-refractivity contribution in [1.29, 1.82) is 0 Å². The summed E-state index contributed by atoms with van der Waals surface area (Å²) in [5.41, 5.74) is 2.57. The molecule has 1 N–H and O–H groups in total. The summed E-state index contributed by atoms with van der Waals surface area (Å²) in [4.78, 5) is 21.6. The van der Waals surface area contributed by atoms with E-state index in [0.717, 1.165) is 22.9 Å². The standard InChI is InChI=1S/C14H18N6OS/c1-3-12-15-5-7-19(12)6-4-13(21)17-10(2)11-8-20-14(18-11)22-9-16-20/h5,7-10H,3-4,6H2,1-2H3,(H,17,21)/t10-/m1/s1. The zero-order chi connectivity index (χ0) is 15.5. The highest BCUT2D eigenvalue weighted by atomic mass is 32.1. The molecule has 0 fully saturated rings. The third-order valence-corrected chi connectivity index (χ3v) is 4.21. The highest BCUT2D eigenvalue weighted by Gasteiger charge is 2.14. The van der Waals surface area contributed by atoms with Gasteiger partial charge in [-0.15, -0.1) is 0 Å². The second-order valence-electron chi connectivity index (χ2n) is 5.06. The lowest BCUT2D eigenvalue weighted by Gasteiger charge is -2.12. The zero-order valence-electron chi connectivity index (χ0n) is 12.6. The van der Waals surface area contributed by atoms with Gasteiger partial charge in [0.2, 0.25) is 10.9 Å². The van der Waals surface area contributed by atoms with Crippen LogP contribution in [0, 0.1) is 0 Å². The molecule has 22 heavy (non-hydrogen) atoms. The van der Waals surface area contributed by atoms with Crippen molar-refractivity contribution in [2.75, 3.05) is 0 Å². The largest absolute Gasteiger partial charge is 0.348 e. The molecule has 8 heteroatoms. The summed E-state index contributed by atoms with van der Waals surface area (Å²) in [5, 5.41) is 7.11. The Morgan fingerprint density at radius 1 is 1.50 bits per heavy atom. The molecule has 3 rings (SSSR count). The Morgan fingerprint density at radius 2 is 2.36 bits per heavy atom. The first-order valence-corrected chi connectivity index (χ1v) is 8.13. The molecular weight excluding hydrogens is 300 g/mol. The molecular formula is C14H18N6OS. The number of fused-ring (bicyclic) bond motifs is 1.